The van der Waals surface area contributed by atoms with Crippen molar-refractivity contribution in [3.63, 3.8) is 0 Å². The fourth-order valence-corrected chi connectivity index (χ4v) is 2.29. The summed E-state index contributed by atoms with van der Waals surface area (Å²) in [6, 6.07) is 0.547. The van der Waals surface area contributed by atoms with Gasteiger partial charge in [0, 0.05) is 6.04 Å². The summed E-state index contributed by atoms with van der Waals surface area (Å²) in [6.45, 7) is 6.79. The molecule has 0 radical (unpaired) electrons. The van der Waals surface area contributed by atoms with Crippen molar-refractivity contribution < 1.29 is 9.90 Å². The third-order valence-electron chi connectivity index (χ3n) is 3.55. The summed E-state index contributed by atoms with van der Waals surface area (Å²) < 4.78 is 0. The zero-order chi connectivity index (χ0) is 11.5. The van der Waals surface area contributed by atoms with Crippen molar-refractivity contribution in [2.75, 3.05) is 19.6 Å². The molecule has 0 aromatic carbocycles. The largest absolute Gasteiger partial charge is 0.481 e. The summed E-state index contributed by atoms with van der Waals surface area (Å²) in [5.74, 6) is -0.724. The number of carboxylic acid groups (broad SMARTS) is 1. The maximum atomic E-state index is 10.8. The third kappa shape index (κ3) is 3.18. The lowest BCUT2D eigenvalue weighted by molar-refractivity contribution is -0.140. The van der Waals surface area contributed by atoms with E-state index in [1.807, 2.05) is 0 Å². The van der Waals surface area contributed by atoms with Crippen molar-refractivity contribution in [3.8, 4) is 0 Å². The second-order valence-corrected chi connectivity index (χ2v) is 4.90. The van der Waals surface area contributed by atoms with Gasteiger partial charge in [0.05, 0.1) is 6.42 Å². The highest BCUT2D eigenvalue weighted by molar-refractivity contribution is 5.67. The Hall–Kier alpha value is -0.610. The predicted molar refractivity (Wildman–Crippen MR) is 59.7 cm³/mol. The van der Waals surface area contributed by atoms with Gasteiger partial charge in [0.2, 0.25) is 0 Å². The van der Waals surface area contributed by atoms with E-state index >= 15 is 0 Å². The van der Waals surface area contributed by atoms with E-state index in [9.17, 15) is 4.79 Å². The molecular formula is C11H22N2O2. The molecule has 1 aliphatic heterocycles. The summed E-state index contributed by atoms with van der Waals surface area (Å²) in [6.07, 6.45) is 2.04. The molecule has 15 heavy (non-hydrogen) atoms. The topological polar surface area (TPSA) is 66.6 Å². The van der Waals surface area contributed by atoms with Gasteiger partial charge in [0.1, 0.15) is 0 Å². The highest BCUT2D eigenvalue weighted by Crippen LogP contribution is 2.34. The molecule has 1 aliphatic rings. The Balaban J connectivity index is 2.54. The summed E-state index contributed by atoms with van der Waals surface area (Å²) in [4.78, 5) is 13.2. The number of aliphatic carboxylic acids is 1. The van der Waals surface area contributed by atoms with Gasteiger partial charge in [-0.25, -0.2) is 0 Å². The van der Waals surface area contributed by atoms with E-state index in [1.54, 1.807) is 0 Å². The number of nitrogens with zero attached hydrogens (tertiary/aromatic N) is 1. The number of carbonyl (C=O) groups is 1. The van der Waals surface area contributed by atoms with Gasteiger partial charge in [-0.3, -0.25) is 4.79 Å². The number of rotatable bonds is 4. The van der Waals surface area contributed by atoms with E-state index in [-0.39, 0.29) is 11.8 Å². The molecule has 0 aromatic heterocycles. The van der Waals surface area contributed by atoms with E-state index in [2.05, 4.69) is 18.7 Å². The molecule has 0 spiro atoms. The number of likely N-dealkylation sites (tertiary alicyclic amines) is 1. The molecule has 4 heteroatoms. The average molecular weight is 214 g/mol. The van der Waals surface area contributed by atoms with Crippen LogP contribution in [-0.2, 0) is 4.79 Å². The normalized spacial score (nSPS) is 21.9. The lowest BCUT2D eigenvalue weighted by Crippen LogP contribution is -2.47. The summed E-state index contributed by atoms with van der Waals surface area (Å²) in [7, 11) is 0. The highest BCUT2D eigenvalue weighted by Gasteiger charge is 2.35. The molecule has 0 unspecified atom stereocenters. The standard InChI is InChI=1S/C11H22N2O2/c1-9(2)13-5-3-11(8-12,4-6-13)7-10(14)15/h9H,3-8,12H2,1-2H3,(H,14,15). The number of nitrogens with two attached hydrogens (primary N) is 1. The molecule has 0 amide bonds. The Labute approximate surface area is 91.4 Å². The van der Waals surface area contributed by atoms with E-state index in [0.29, 0.717) is 12.6 Å². The lowest BCUT2D eigenvalue weighted by atomic mass is 9.75. The van der Waals surface area contributed by atoms with Crippen LogP contribution in [0.4, 0.5) is 0 Å². The molecule has 0 saturated carbocycles. The van der Waals surface area contributed by atoms with Gasteiger partial charge < -0.3 is 15.7 Å². The fourth-order valence-electron chi connectivity index (χ4n) is 2.29. The van der Waals surface area contributed by atoms with Crippen LogP contribution in [0.5, 0.6) is 0 Å². The van der Waals surface area contributed by atoms with Gasteiger partial charge in [0.25, 0.3) is 0 Å². The van der Waals surface area contributed by atoms with E-state index in [0.717, 1.165) is 25.9 Å². The average Bonchev–Trinajstić information content (AvgIpc) is 2.17. The molecule has 1 saturated heterocycles. The molecule has 4 nitrogen and oxygen atoms in total. The molecule has 0 aliphatic carbocycles. The van der Waals surface area contributed by atoms with Crippen molar-refractivity contribution in [1.82, 2.24) is 4.90 Å². The summed E-state index contributed by atoms with van der Waals surface area (Å²) in [5, 5.41) is 8.87. The lowest BCUT2D eigenvalue weighted by Gasteiger charge is -2.41. The smallest absolute Gasteiger partial charge is 0.303 e. The minimum Gasteiger partial charge on any atom is -0.481 e. The van der Waals surface area contributed by atoms with Crippen LogP contribution < -0.4 is 5.73 Å². The van der Waals surface area contributed by atoms with Crippen molar-refractivity contribution in [1.29, 1.82) is 0 Å². The SMILES string of the molecule is CC(C)N1CCC(CN)(CC(=O)O)CC1. The van der Waals surface area contributed by atoms with Crippen LogP contribution in [0.25, 0.3) is 0 Å². The van der Waals surface area contributed by atoms with Gasteiger partial charge in [-0.15, -0.1) is 0 Å². The van der Waals surface area contributed by atoms with Crippen molar-refractivity contribution >= 4 is 5.97 Å². The van der Waals surface area contributed by atoms with Crippen LogP contribution in [-0.4, -0.2) is 41.7 Å². The van der Waals surface area contributed by atoms with Crippen LogP contribution in [0.2, 0.25) is 0 Å². The molecular weight excluding hydrogens is 192 g/mol. The molecule has 0 atom stereocenters. The Morgan fingerprint density at radius 3 is 2.33 bits per heavy atom. The van der Waals surface area contributed by atoms with Gasteiger partial charge >= 0.3 is 5.97 Å². The van der Waals surface area contributed by atoms with Crippen molar-refractivity contribution in [2.24, 2.45) is 11.1 Å². The molecule has 3 N–H and O–H groups in total. The first kappa shape index (κ1) is 12.5. The van der Waals surface area contributed by atoms with Gasteiger partial charge in [0.15, 0.2) is 0 Å². The van der Waals surface area contributed by atoms with Crippen LogP contribution >= 0.6 is 0 Å². The summed E-state index contributed by atoms with van der Waals surface area (Å²) >= 11 is 0. The Kier molecular flexibility index (Phi) is 4.11. The number of piperidine rings is 1. The quantitative estimate of drug-likeness (QED) is 0.730. The highest BCUT2D eigenvalue weighted by atomic mass is 16.4. The zero-order valence-electron chi connectivity index (χ0n) is 9.70. The Morgan fingerprint density at radius 2 is 2.00 bits per heavy atom. The third-order valence-corrected chi connectivity index (χ3v) is 3.55. The van der Waals surface area contributed by atoms with Gasteiger partial charge in [-0.2, -0.15) is 0 Å². The first-order chi connectivity index (χ1) is 6.99. The zero-order valence-corrected chi connectivity index (χ0v) is 9.70. The molecule has 0 aromatic rings. The Morgan fingerprint density at radius 1 is 1.47 bits per heavy atom. The number of carboxylic acids is 1. The van der Waals surface area contributed by atoms with Crippen LogP contribution in [0, 0.1) is 5.41 Å². The minimum atomic E-state index is -0.724. The first-order valence-corrected chi connectivity index (χ1v) is 5.65. The number of hydrogen-bond acceptors (Lipinski definition) is 3. The maximum absolute atomic E-state index is 10.8. The van der Waals surface area contributed by atoms with E-state index in [4.69, 9.17) is 10.8 Å². The Bertz CT molecular complexity index is 221. The number of hydrogen-bond donors (Lipinski definition) is 2. The minimum absolute atomic E-state index is 0.156. The maximum Gasteiger partial charge on any atom is 0.303 e. The van der Waals surface area contributed by atoms with Gasteiger partial charge in [-0.1, -0.05) is 0 Å². The first-order valence-electron chi connectivity index (χ1n) is 5.65. The van der Waals surface area contributed by atoms with Crippen molar-refractivity contribution in [3.05, 3.63) is 0 Å². The molecule has 1 heterocycles. The summed E-state index contributed by atoms with van der Waals surface area (Å²) in [5.41, 5.74) is 5.57. The molecule has 1 rings (SSSR count). The predicted octanol–water partition coefficient (Wildman–Crippen LogP) is 0.910. The van der Waals surface area contributed by atoms with E-state index in [1.165, 1.54) is 0 Å². The monoisotopic (exact) mass is 214 g/mol. The second-order valence-electron chi connectivity index (χ2n) is 4.90. The molecule has 0 bridgehead atoms. The second kappa shape index (κ2) is 4.94. The van der Waals surface area contributed by atoms with Crippen molar-refractivity contribution in [2.45, 2.75) is 39.2 Å². The molecule has 88 valence electrons. The van der Waals surface area contributed by atoms with E-state index < -0.39 is 5.97 Å². The molecule has 1 fully saturated rings. The fraction of sp³-hybridized carbons (Fsp3) is 0.909. The van der Waals surface area contributed by atoms with Gasteiger partial charge in [-0.05, 0) is 51.7 Å². The van der Waals surface area contributed by atoms with Crippen LogP contribution in [0.1, 0.15) is 33.1 Å². The van der Waals surface area contributed by atoms with Crippen LogP contribution in [0.3, 0.4) is 0 Å². The van der Waals surface area contributed by atoms with Crippen LogP contribution in [0.15, 0.2) is 0 Å².